The van der Waals surface area contributed by atoms with Crippen LogP contribution in [0.25, 0.3) is 0 Å². The zero-order chi connectivity index (χ0) is 10.3. The van der Waals surface area contributed by atoms with E-state index in [2.05, 4.69) is 5.14 Å². The standard InChI is InChI=1S/C5H4F3NO2S2/c6-5(7,8)3-1-12-2-4(3)13(9,10)11/h1-2H,(H2,9,10,11). The van der Waals surface area contributed by atoms with E-state index in [4.69, 9.17) is 0 Å². The van der Waals surface area contributed by atoms with Gasteiger partial charge in [0.15, 0.2) is 0 Å². The Labute approximate surface area is 76.0 Å². The highest BCUT2D eigenvalue weighted by Crippen LogP contribution is 2.35. The molecule has 0 atom stereocenters. The van der Waals surface area contributed by atoms with Gasteiger partial charge in [-0.2, -0.15) is 24.5 Å². The van der Waals surface area contributed by atoms with Crippen LogP contribution in [0.5, 0.6) is 0 Å². The maximum atomic E-state index is 12.1. The first-order valence-corrected chi connectivity index (χ1v) is 5.38. The topological polar surface area (TPSA) is 60.2 Å². The predicted octanol–water partition coefficient (Wildman–Crippen LogP) is 1.41. The lowest BCUT2D eigenvalue weighted by Crippen LogP contribution is -2.16. The molecule has 1 aromatic heterocycles. The van der Waals surface area contributed by atoms with Gasteiger partial charge in [-0.25, -0.2) is 13.6 Å². The Balaban J connectivity index is 3.35. The van der Waals surface area contributed by atoms with E-state index < -0.39 is 26.7 Å². The van der Waals surface area contributed by atoms with E-state index in [1.54, 1.807) is 0 Å². The lowest BCUT2D eigenvalue weighted by Gasteiger charge is -2.05. The third kappa shape index (κ3) is 2.20. The number of rotatable bonds is 1. The molecule has 0 amide bonds. The highest BCUT2D eigenvalue weighted by Gasteiger charge is 2.37. The first-order chi connectivity index (χ1) is 5.73. The number of alkyl halides is 3. The first kappa shape index (κ1) is 10.5. The summed E-state index contributed by atoms with van der Waals surface area (Å²) in [4.78, 5) is -0.870. The smallest absolute Gasteiger partial charge is 0.225 e. The molecule has 0 saturated carbocycles. The maximum absolute atomic E-state index is 12.1. The fourth-order valence-corrected chi connectivity index (χ4v) is 2.69. The van der Waals surface area contributed by atoms with Gasteiger partial charge in [-0.1, -0.05) is 0 Å². The minimum absolute atomic E-state index is 0.641. The van der Waals surface area contributed by atoms with Crippen molar-refractivity contribution in [3.05, 3.63) is 16.3 Å². The van der Waals surface area contributed by atoms with Crippen LogP contribution in [-0.4, -0.2) is 8.42 Å². The van der Waals surface area contributed by atoms with Crippen LogP contribution in [0.15, 0.2) is 15.7 Å². The van der Waals surface area contributed by atoms with Gasteiger partial charge in [-0.05, 0) is 0 Å². The Bertz CT molecular complexity index is 406. The number of nitrogens with two attached hydrogens (primary N) is 1. The van der Waals surface area contributed by atoms with E-state index in [0.29, 0.717) is 16.7 Å². The minimum Gasteiger partial charge on any atom is -0.225 e. The number of hydrogen-bond acceptors (Lipinski definition) is 3. The molecule has 0 spiro atoms. The van der Waals surface area contributed by atoms with Crippen molar-refractivity contribution < 1.29 is 21.6 Å². The molecule has 1 heterocycles. The van der Waals surface area contributed by atoms with Gasteiger partial charge in [0.25, 0.3) is 0 Å². The summed E-state index contributed by atoms with van der Waals surface area (Å²) < 4.78 is 57.6. The van der Waals surface area contributed by atoms with Crippen LogP contribution < -0.4 is 5.14 Å². The summed E-state index contributed by atoms with van der Waals surface area (Å²) in [5.41, 5.74) is -1.21. The molecule has 0 aliphatic carbocycles. The van der Waals surface area contributed by atoms with Crippen LogP contribution in [-0.2, 0) is 16.2 Å². The lowest BCUT2D eigenvalue weighted by atomic mass is 10.3. The summed E-state index contributed by atoms with van der Waals surface area (Å²) in [5.74, 6) is 0. The van der Waals surface area contributed by atoms with Gasteiger partial charge in [0.1, 0.15) is 4.90 Å². The molecule has 13 heavy (non-hydrogen) atoms. The molecule has 74 valence electrons. The van der Waals surface area contributed by atoms with E-state index in [9.17, 15) is 21.6 Å². The van der Waals surface area contributed by atoms with Crippen molar-refractivity contribution >= 4 is 21.4 Å². The third-order valence-corrected chi connectivity index (χ3v) is 3.08. The van der Waals surface area contributed by atoms with Gasteiger partial charge in [-0.15, -0.1) is 0 Å². The van der Waals surface area contributed by atoms with Gasteiger partial charge in [0, 0.05) is 10.8 Å². The van der Waals surface area contributed by atoms with E-state index in [0.717, 1.165) is 5.38 Å². The van der Waals surface area contributed by atoms with Crippen LogP contribution in [0, 0.1) is 0 Å². The second kappa shape index (κ2) is 2.96. The quantitative estimate of drug-likeness (QED) is 0.794. The van der Waals surface area contributed by atoms with Crippen LogP contribution in [0.3, 0.4) is 0 Å². The second-order valence-corrected chi connectivity index (χ2v) is 4.47. The zero-order valence-corrected chi connectivity index (χ0v) is 7.63. The zero-order valence-electron chi connectivity index (χ0n) is 6.00. The average molecular weight is 231 g/mol. The molecule has 0 bridgehead atoms. The number of hydrogen-bond donors (Lipinski definition) is 1. The normalized spacial score (nSPS) is 13.2. The largest absolute Gasteiger partial charge is 0.418 e. The molecule has 0 radical (unpaired) electrons. The van der Waals surface area contributed by atoms with Crippen molar-refractivity contribution in [1.29, 1.82) is 0 Å². The van der Waals surface area contributed by atoms with Crippen molar-refractivity contribution in [2.75, 3.05) is 0 Å². The first-order valence-electron chi connectivity index (χ1n) is 2.89. The van der Waals surface area contributed by atoms with Crippen molar-refractivity contribution in [3.63, 3.8) is 0 Å². The predicted molar refractivity (Wildman–Crippen MR) is 40.7 cm³/mol. The fraction of sp³-hybridized carbons (Fsp3) is 0.200. The summed E-state index contributed by atoms with van der Waals surface area (Å²) in [6.45, 7) is 0. The van der Waals surface area contributed by atoms with Crippen LogP contribution >= 0.6 is 11.3 Å². The minimum atomic E-state index is -4.68. The molecule has 0 saturated heterocycles. The summed E-state index contributed by atoms with van der Waals surface area (Å²) in [5, 5.41) is 6.14. The molecule has 0 fully saturated rings. The van der Waals surface area contributed by atoms with Crippen molar-refractivity contribution in [2.24, 2.45) is 5.14 Å². The third-order valence-electron chi connectivity index (χ3n) is 1.24. The molecule has 1 rings (SSSR count). The van der Waals surface area contributed by atoms with Gasteiger partial charge >= 0.3 is 6.18 Å². The molecular formula is C5H4F3NO2S2. The number of sulfonamides is 1. The van der Waals surface area contributed by atoms with E-state index in [1.165, 1.54) is 0 Å². The molecule has 2 N–H and O–H groups in total. The molecule has 0 aliphatic heterocycles. The Morgan fingerprint density at radius 2 is 1.85 bits per heavy atom. The Hall–Kier alpha value is -0.600. The molecule has 8 heteroatoms. The highest BCUT2D eigenvalue weighted by molar-refractivity contribution is 7.89. The van der Waals surface area contributed by atoms with E-state index in [1.807, 2.05) is 0 Å². The summed E-state index contributed by atoms with van der Waals surface area (Å²) in [6, 6.07) is 0. The lowest BCUT2D eigenvalue weighted by molar-refractivity contribution is -0.139. The van der Waals surface area contributed by atoms with Gasteiger partial charge < -0.3 is 0 Å². The van der Waals surface area contributed by atoms with Crippen LogP contribution in [0.1, 0.15) is 5.56 Å². The van der Waals surface area contributed by atoms with E-state index >= 15 is 0 Å². The Kier molecular flexibility index (Phi) is 2.39. The average Bonchev–Trinajstić information content (AvgIpc) is 2.27. The number of thiophene rings is 1. The highest BCUT2D eigenvalue weighted by atomic mass is 32.2. The molecule has 1 aromatic rings. The van der Waals surface area contributed by atoms with Crippen molar-refractivity contribution in [3.8, 4) is 0 Å². The monoisotopic (exact) mass is 231 g/mol. The van der Waals surface area contributed by atoms with Crippen LogP contribution in [0.4, 0.5) is 13.2 Å². The second-order valence-electron chi connectivity index (χ2n) is 2.19. The molecule has 0 unspecified atom stereocenters. The maximum Gasteiger partial charge on any atom is 0.418 e. The molecular weight excluding hydrogens is 227 g/mol. The molecule has 0 aromatic carbocycles. The van der Waals surface area contributed by atoms with Crippen molar-refractivity contribution in [1.82, 2.24) is 0 Å². The Morgan fingerprint density at radius 1 is 1.31 bits per heavy atom. The summed E-state index contributed by atoms with van der Waals surface area (Å²) in [7, 11) is -4.28. The van der Waals surface area contributed by atoms with Gasteiger partial charge in [0.2, 0.25) is 10.0 Å². The van der Waals surface area contributed by atoms with Gasteiger partial charge in [-0.3, -0.25) is 0 Å². The number of halogens is 3. The summed E-state index contributed by atoms with van der Waals surface area (Å²) in [6.07, 6.45) is -4.68. The van der Waals surface area contributed by atoms with E-state index in [-0.39, 0.29) is 0 Å². The van der Waals surface area contributed by atoms with Crippen LogP contribution in [0.2, 0.25) is 0 Å². The summed E-state index contributed by atoms with van der Waals surface area (Å²) >= 11 is 0.641. The van der Waals surface area contributed by atoms with Gasteiger partial charge in [0.05, 0.1) is 5.56 Å². The number of primary sulfonamides is 1. The van der Waals surface area contributed by atoms with Crippen molar-refractivity contribution in [2.45, 2.75) is 11.1 Å². The fourth-order valence-electron chi connectivity index (χ4n) is 0.712. The Morgan fingerprint density at radius 3 is 2.15 bits per heavy atom. The SMILES string of the molecule is NS(=O)(=O)c1cscc1C(F)(F)F. The molecule has 0 aliphatic rings. The molecule has 3 nitrogen and oxygen atoms in total.